The number of aldehydes is 1. The summed E-state index contributed by atoms with van der Waals surface area (Å²) in [6.45, 7) is 0. The zero-order chi connectivity index (χ0) is 14.8. The Kier molecular flexibility index (Phi) is 6.99. The van der Waals surface area contributed by atoms with Crippen molar-refractivity contribution in [2.75, 3.05) is 7.05 Å². The lowest BCUT2D eigenvalue weighted by atomic mass is 10.2. The third-order valence-corrected chi connectivity index (χ3v) is 2.48. The van der Waals surface area contributed by atoms with E-state index in [1.165, 1.54) is 7.05 Å². The van der Waals surface area contributed by atoms with Crippen molar-refractivity contribution in [3.63, 3.8) is 0 Å². The predicted octanol–water partition coefficient (Wildman–Crippen LogP) is 1.64. The van der Waals surface area contributed by atoms with Gasteiger partial charge in [-0.15, -0.1) is 0 Å². The zero-order valence-corrected chi connectivity index (χ0v) is 11.3. The van der Waals surface area contributed by atoms with E-state index in [1.54, 1.807) is 24.3 Å². The molecule has 0 aliphatic heterocycles. The van der Waals surface area contributed by atoms with E-state index in [1.807, 2.05) is 0 Å². The molecule has 0 radical (unpaired) electrons. The molecule has 1 aromatic carbocycles. The average Bonchev–Trinajstić information content (AvgIpc) is 2.45. The van der Waals surface area contributed by atoms with Gasteiger partial charge in [-0.1, -0.05) is 0 Å². The number of carbonyl (C=O) groups excluding carboxylic acids is 3. The van der Waals surface area contributed by atoms with Crippen molar-refractivity contribution in [3.8, 4) is 5.75 Å². The fraction of sp³-hybridized carbons (Fsp3) is 0.357. The zero-order valence-electron chi connectivity index (χ0n) is 11.3. The molecule has 0 fully saturated rings. The van der Waals surface area contributed by atoms with Gasteiger partial charge in [-0.05, 0) is 37.1 Å². The number of rotatable bonds is 8. The minimum absolute atomic E-state index is 0.224. The van der Waals surface area contributed by atoms with E-state index in [0.29, 0.717) is 24.2 Å². The van der Waals surface area contributed by atoms with E-state index in [0.717, 1.165) is 6.29 Å². The van der Waals surface area contributed by atoms with Crippen LogP contribution < -0.4 is 10.2 Å². The molecule has 0 spiro atoms. The predicted molar refractivity (Wildman–Crippen MR) is 71.1 cm³/mol. The number of esters is 1. The second-order valence-electron chi connectivity index (χ2n) is 4.05. The minimum Gasteiger partial charge on any atom is -0.427 e. The van der Waals surface area contributed by atoms with Crippen molar-refractivity contribution in [3.05, 3.63) is 29.8 Å². The van der Waals surface area contributed by atoms with Gasteiger partial charge in [0.15, 0.2) is 0 Å². The molecule has 0 amide bonds. The molecule has 0 heterocycles. The molecule has 1 N–H and O–H groups in total. The van der Waals surface area contributed by atoms with Crippen molar-refractivity contribution in [1.82, 2.24) is 5.48 Å². The minimum atomic E-state index is -0.370. The van der Waals surface area contributed by atoms with Gasteiger partial charge in [0, 0.05) is 25.5 Å². The van der Waals surface area contributed by atoms with Gasteiger partial charge in [-0.25, -0.2) is 0 Å². The van der Waals surface area contributed by atoms with Crippen LogP contribution in [0.15, 0.2) is 24.3 Å². The molecule has 0 bridgehead atoms. The Morgan fingerprint density at radius 1 is 1.10 bits per heavy atom. The number of benzene rings is 1. The first-order valence-electron chi connectivity index (χ1n) is 6.28. The Bertz CT molecular complexity index is 455. The van der Waals surface area contributed by atoms with Crippen LogP contribution in [0.5, 0.6) is 5.75 Å². The van der Waals surface area contributed by atoms with Crippen LogP contribution in [0.3, 0.4) is 0 Å². The second-order valence-corrected chi connectivity index (χ2v) is 4.05. The summed E-state index contributed by atoms with van der Waals surface area (Å²) in [5.41, 5.74) is 2.81. The van der Waals surface area contributed by atoms with Crippen LogP contribution in [0.25, 0.3) is 0 Å². The van der Waals surface area contributed by atoms with E-state index in [2.05, 4.69) is 10.3 Å². The van der Waals surface area contributed by atoms with E-state index >= 15 is 0 Å². The SMILES string of the molecule is CNOC(=O)CCCCC(=O)Oc1ccc(C=O)cc1. The summed E-state index contributed by atoms with van der Waals surface area (Å²) in [6.07, 6.45) is 2.30. The Morgan fingerprint density at radius 2 is 1.70 bits per heavy atom. The molecule has 6 nitrogen and oxygen atoms in total. The van der Waals surface area contributed by atoms with E-state index < -0.39 is 0 Å². The maximum atomic E-state index is 11.5. The van der Waals surface area contributed by atoms with Crippen LogP contribution in [0.1, 0.15) is 36.0 Å². The first-order valence-corrected chi connectivity index (χ1v) is 6.28. The molecule has 1 aromatic rings. The van der Waals surface area contributed by atoms with Crippen molar-refractivity contribution in [1.29, 1.82) is 0 Å². The summed E-state index contributed by atoms with van der Waals surface area (Å²) in [5, 5.41) is 0. The monoisotopic (exact) mass is 279 g/mol. The first-order chi connectivity index (χ1) is 9.65. The molecule has 0 atom stereocenters. The molecule has 0 saturated heterocycles. The highest BCUT2D eigenvalue weighted by molar-refractivity contribution is 5.76. The summed E-state index contributed by atoms with van der Waals surface area (Å²) in [7, 11) is 1.51. The second kappa shape index (κ2) is 8.82. The van der Waals surface area contributed by atoms with Crippen LogP contribution in [0.2, 0.25) is 0 Å². The quantitative estimate of drug-likeness (QED) is 0.256. The molecule has 0 aromatic heterocycles. The standard InChI is InChI=1S/C14H17NO5/c1-15-20-14(18)5-3-2-4-13(17)19-12-8-6-11(10-16)7-9-12/h6-10,15H,2-5H2,1H3. The van der Waals surface area contributed by atoms with E-state index in [9.17, 15) is 14.4 Å². The maximum Gasteiger partial charge on any atom is 0.324 e. The Labute approximate surface area is 117 Å². The Hall–Kier alpha value is -2.21. The third-order valence-electron chi connectivity index (χ3n) is 2.48. The van der Waals surface area contributed by atoms with Gasteiger partial charge in [0.05, 0.1) is 0 Å². The lowest BCUT2D eigenvalue weighted by Crippen LogP contribution is -2.15. The maximum absolute atomic E-state index is 11.5. The number of hydrogen-bond donors (Lipinski definition) is 1. The number of hydroxylamine groups is 1. The van der Waals surface area contributed by atoms with Crippen molar-refractivity contribution in [2.24, 2.45) is 0 Å². The van der Waals surface area contributed by atoms with Gasteiger partial charge in [0.2, 0.25) is 0 Å². The molecule has 0 aliphatic rings. The summed E-state index contributed by atoms with van der Waals surface area (Å²) < 4.78 is 5.09. The van der Waals surface area contributed by atoms with Crippen LogP contribution in [0, 0.1) is 0 Å². The lowest BCUT2D eigenvalue weighted by Gasteiger charge is -2.04. The number of unbranched alkanes of at least 4 members (excludes halogenated alkanes) is 1. The van der Waals surface area contributed by atoms with E-state index in [4.69, 9.17) is 4.74 Å². The highest BCUT2D eigenvalue weighted by atomic mass is 16.7. The molecule has 108 valence electrons. The molecule has 0 aliphatic carbocycles. The summed E-state index contributed by atoms with van der Waals surface area (Å²) in [4.78, 5) is 37.5. The molecule has 0 saturated carbocycles. The summed E-state index contributed by atoms with van der Waals surface area (Å²) >= 11 is 0. The summed E-state index contributed by atoms with van der Waals surface area (Å²) in [6, 6.07) is 6.27. The van der Waals surface area contributed by atoms with Crippen molar-refractivity contribution < 1.29 is 24.0 Å². The smallest absolute Gasteiger partial charge is 0.324 e. The number of hydrogen-bond acceptors (Lipinski definition) is 6. The topological polar surface area (TPSA) is 81.7 Å². The van der Waals surface area contributed by atoms with Gasteiger partial charge in [-0.2, -0.15) is 5.48 Å². The molecule has 0 unspecified atom stereocenters. The molecular formula is C14H17NO5. The highest BCUT2D eigenvalue weighted by Crippen LogP contribution is 2.12. The number of carbonyl (C=O) groups is 3. The highest BCUT2D eigenvalue weighted by Gasteiger charge is 2.07. The third kappa shape index (κ3) is 6.10. The van der Waals surface area contributed by atoms with Gasteiger partial charge in [-0.3, -0.25) is 14.4 Å². The van der Waals surface area contributed by atoms with Crippen LogP contribution in [0.4, 0.5) is 0 Å². The largest absolute Gasteiger partial charge is 0.427 e. The summed E-state index contributed by atoms with van der Waals surface area (Å²) in [5.74, 6) is -0.327. The van der Waals surface area contributed by atoms with Crippen LogP contribution >= 0.6 is 0 Å². The van der Waals surface area contributed by atoms with Crippen LogP contribution in [-0.4, -0.2) is 25.3 Å². The normalized spacial score (nSPS) is 9.85. The van der Waals surface area contributed by atoms with Gasteiger partial charge in [0.1, 0.15) is 12.0 Å². The van der Waals surface area contributed by atoms with Crippen molar-refractivity contribution >= 4 is 18.2 Å². The average molecular weight is 279 g/mol. The fourth-order valence-corrected chi connectivity index (χ4v) is 1.50. The first kappa shape index (κ1) is 15.8. The van der Waals surface area contributed by atoms with E-state index in [-0.39, 0.29) is 24.8 Å². The Balaban J connectivity index is 2.22. The van der Waals surface area contributed by atoms with Crippen molar-refractivity contribution in [2.45, 2.75) is 25.7 Å². The molecule has 1 rings (SSSR count). The fourth-order valence-electron chi connectivity index (χ4n) is 1.50. The van der Waals surface area contributed by atoms with Gasteiger partial charge >= 0.3 is 11.9 Å². The molecular weight excluding hydrogens is 262 g/mol. The lowest BCUT2D eigenvalue weighted by molar-refractivity contribution is -0.150. The Morgan fingerprint density at radius 3 is 2.25 bits per heavy atom. The molecule has 20 heavy (non-hydrogen) atoms. The van der Waals surface area contributed by atoms with Crippen LogP contribution in [-0.2, 0) is 14.4 Å². The number of ether oxygens (including phenoxy) is 1. The molecule has 6 heteroatoms. The number of nitrogens with one attached hydrogen (secondary N) is 1. The van der Waals surface area contributed by atoms with Gasteiger partial charge < -0.3 is 9.57 Å². The van der Waals surface area contributed by atoms with Gasteiger partial charge in [0.25, 0.3) is 0 Å².